The molecular weight excluding hydrogens is 402 g/mol. The van der Waals surface area contributed by atoms with E-state index in [4.69, 9.17) is 19.7 Å². The Morgan fingerprint density at radius 1 is 0.935 bits per heavy atom. The van der Waals surface area contributed by atoms with Crippen molar-refractivity contribution in [2.75, 3.05) is 0 Å². The van der Waals surface area contributed by atoms with Crippen LogP contribution >= 0.6 is 11.3 Å². The van der Waals surface area contributed by atoms with E-state index in [9.17, 15) is 0 Å². The molecule has 0 radical (unpaired) electrons. The first-order chi connectivity index (χ1) is 15.0. The second-order valence-electron chi connectivity index (χ2n) is 8.10. The average molecular weight is 430 g/mol. The summed E-state index contributed by atoms with van der Waals surface area (Å²) in [6.45, 7) is 8.36. The van der Waals surface area contributed by atoms with E-state index in [0.717, 1.165) is 40.0 Å². The van der Waals surface area contributed by atoms with Crippen LogP contribution in [0.2, 0.25) is 0 Å². The van der Waals surface area contributed by atoms with Gasteiger partial charge in [0.05, 0.1) is 27.8 Å². The summed E-state index contributed by atoms with van der Waals surface area (Å²) in [7, 11) is 0. The van der Waals surface area contributed by atoms with Crippen LogP contribution in [-0.4, -0.2) is 21.1 Å². The van der Waals surface area contributed by atoms with Crippen molar-refractivity contribution in [1.29, 1.82) is 0 Å². The molecule has 0 aliphatic heterocycles. The van der Waals surface area contributed by atoms with E-state index in [1.165, 1.54) is 5.01 Å². The Balaban J connectivity index is 1.61. The van der Waals surface area contributed by atoms with Gasteiger partial charge in [-0.25, -0.2) is 15.0 Å². The van der Waals surface area contributed by atoms with Crippen LogP contribution in [0.1, 0.15) is 49.9 Å². The first-order valence-corrected chi connectivity index (χ1v) is 11.5. The third kappa shape index (κ3) is 5.17. The van der Waals surface area contributed by atoms with Gasteiger partial charge >= 0.3 is 0 Å². The maximum absolute atomic E-state index is 6.01. The first-order valence-electron chi connectivity index (χ1n) is 10.6. The quantitative estimate of drug-likeness (QED) is 0.320. The topological polar surface area (TPSA) is 47.9 Å². The van der Waals surface area contributed by atoms with Crippen LogP contribution in [0, 0.1) is 0 Å². The number of thiazole rings is 1. The van der Waals surface area contributed by atoms with E-state index >= 15 is 0 Å². The van der Waals surface area contributed by atoms with Gasteiger partial charge in [0.1, 0.15) is 5.69 Å². The summed E-state index contributed by atoms with van der Waals surface area (Å²) in [6, 6.07) is 16.2. The van der Waals surface area contributed by atoms with Gasteiger partial charge in [0.15, 0.2) is 0 Å². The summed E-state index contributed by atoms with van der Waals surface area (Å²) in [4.78, 5) is 14.3. The molecule has 0 aliphatic carbocycles. The molecule has 0 spiro atoms. The molecule has 4 aromatic rings. The van der Waals surface area contributed by atoms with Crippen molar-refractivity contribution in [3.63, 3.8) is 0 Å². The van der Waals surface area contributed by atoms with E-state index in [2.05, 4.69) is 49.6 Å². The zero-order valence-electron chi connectivity index (χ0n) is 18.4. The molecule has 4 nitrogen and oxygen atoms in total. The molecule has 2 aromatic heterocycles. The molecule has 158 valence electrons. The Labute approximate surface area is 187 Å². The molecule has 0 bridgehead atoms. The minimum Gasteiger partial charge on any atom is -0.473 e. The molecule has 2 aromatic carbocycles. The fourth-order valence-electron chi connectivity index (χ4n) is 3.26. The molecule has 31 heavy (non-hydrogen) atoms. The molecule has 0 saturated carbocycles. The Morgan fingerprint density at radius 2 is 1.71 bits per heavy atom. The number of benzene rings is 2. The number of nitrogens with zero attached hydrogens (tertiary/aromatic N) is 3. The van der Waals surface area contributed by atoms with Gasteiger partial charge in [-0.15, -0.1) is 11.3 Å². The zero-order chi connectivity index (χ0) is 21.8. The fourth-order valence-corrected chi connectivity index (χ4v) is 4.11. The van der Waals surface area contributed by atoms with Crippen LogP contribution in [0.25, 0.3) is 28.4 Å². The van der Waals surface area contributed by atoms with Crippen LogP contribution in [0.3, 0.4) is 0 Å². The number of fused-ring (bicyclic) bond motifs is 1. The summed E-state index contributed by atoms with van der Waals surface area (Å²) in [5.74, 6) is 1.04. The van der Waals surface area contributed by atoms with Gasteiger partial charge in [-0.2, -0.15) is 0 Å². The van der Waals surface area contributed by atoms with Crippen LogP contribution < -0.4 is 4.74 Å². The van der Waals surface area contributed by atoms with Crippen molar-refractivity contribution in [2.45, 2.75) is 46.1 Å². The fraction of sp³-hybridized carbons (Fsp3) is 0.269. The molecule has 0 aliphatic rings. The number of allylic oxidation sites excluding steroid dienone is 1. The third-order valence-corrected chi connectivity index (χ3v) is 5.94. The van der Waals surface area contributed by atoms with Crippen molar-refractivity contribution in [3.8, 4) is 17.1 Å². The van der Waals surface area contributed by atoms with Gasteiger partial charge in [-0.05, 0) is 37.6 Å². The largest absolute Gasteiger partial charge is 0.473 e. The van der Waals surface area contributed by atoms with Crippen molar-refractivity contribution in [3.05, 3.63) is 76.3 Å². The first kappa shape index (κ1) is 21.2. The summed E-state index contributed by atoms with van der Waals surface area (Å²) >= 11 is 1.74. The van der Waals surface area contributed by atoms with Gasteiger partial charge < -0.3 is 4.74 Å². The summed E-state index contributed by atoms with van der Waals surface area (Å²) in [5.41, 5.74) is 5.69. The molecule has 0 amide bonds. The van der Waals surface area contributed by atoms with Crippen LogP contribution in [0.5, 0.6) is 5.88 Å². The molecule has 0 saturated heterocycles. The van der Waals surface area contributed by atoms with Gasteiger partial charge in [0, 0.05) is 23.3 Å². The van der Waals surface area contributed by atoms with Crippen LogP contribution in [0.15, 0.2) is 60.0 Å². The van der Waals surface area contributed by atoms with E-state index in [1.54, 1.807) is 11.3 Å². The van der Waals surface area contributed by atoms with Gasteiger partial charge in [0.25, 0.3) is 0 Å². The highest BCUT2D eigenvalue weighted by atomic mass is 32.1. The molecular formula is C26H27N3OS. The monoisotopic (exact) mass is 429 g/mol. The number of hydrogen-bond donors (Lipinski definition) is 0. The van der Waals surface area contributed by atoms with Gasteiger partial charge in [0.2, 0.25) is 5.88 Å². The maximum atomic E-state index is 6.01. The highest BCUT2D eigenvalue weighted by Gasteiger charge is 2.14. The zero-order valence-corrected chi connectivity index (χ0v) is 19.2. The lowest BCUT2D eigenvalue weighted by atomic mass is 10.1. The number of para-hydroxylation sites is 2. The second kappa shape index (κ2) is 9.40. The van der Waals surface area contributed by atoms with Crippen LogP contribution in [-0.2, 0) is 6.42 Å². The van der Waals surface area contributed by atoms with E-state index in [1.807, 2.05) is 44.2 Å². The van der Waals surface area contributed by atoms with E-state index in [-0.39, 0.29) is 6.10 Å². The molecule has 5 heteroatoms. The Kier molecular flexibility index (Phi) is 6.42. The molecule has 0 fully saturated rings. The van der Waals surface area contributed by atoms with Crippen LogP contribution in [0.4, 0.5) is 0 Å². The number of hydrogen-bond acceptors (Lipinski definition) is 5. The Bertz CT molecular complexity index is 1210. The minimum absolute atomic E-state index is 0.0196. The highest BCUT2D eigenvalue weighted by Crippen LogP contribution is 2.30. The van der Waals surface area contributed by atoms with E-state index in [0.29, 0.717) is 11.8 Å². The molecule has 0 atom stereocenters. The predicted octanol–water partition coefficient (Wildman–Crippen LogP) is 6.92. The number of ether oxygens (including phenoxy) is 1. The lowest BCUT2D eigenvalue weighted by Crippen LogP contribution is -2.09. The summed E-state index contributed by atoms with van der Waals surface area (Å²) in [6.07, 6.45) is 5.14. The number of rotatable bonds is 7. The lowest BCUT2D eigenvalue weighted by molar-refractivity contribution is 0.234. The summed E-state index contributed by atoms with van der Waals surface area (Å²) in [5, 5.41) is 3.34. The normalized spacial score (nSPS) is 11.8. The third-order valence-electron chi connectivity index (χ3n) is 4.75. The van der Waals surface area contributed by atoms with E-state index < -0.39 is 0 Å². The Hall–Kier alpha value is -3.05. The number of aromatic nitrogens is 3. The predicted molar refractivity (Wildman–Crippen MR) is 130 cm³/mol. The molecule has 2 heterocycles. The average Bonchev–Trinajstić information content (AvgIpc) is 3.22. The van der Waals surface area contributed by atoms with Crippen molar-refractivity contribution in [1.82, 2.24) is 15.0 Å². The van der Waals surface area contributed by atoms with Crippen molar-refractivity contribution in [2.24, 2.45) is 0 Å². The highest BCUT2D eigenvalue weighted by molar-refractivity contribution is 7.09. The summed E-state index contributed by atoms with van der Waals surface area (Å²) < 4.78 is 6.01. The maximum Gasteiger partial charge on any atom is 0.241 e. The van der Waals surface area contributed by atoms with Gasteiger partial charge in [-0.1, -0.05) is 56.3 Å². The van der Waals surface area contributed by atoms with Crippen molar-refractivity contribution < 1.29 is 4.74 Å². The van der Waals surface area contributed by atoms with Crippen molar-refractivity contribution >= 4 is 28.4 Å². The smallest absolute Gasteiger partial charge is 0.241 e. The molecule has 0 unspecified atom stereocenters. The minimum atomic E-state index is 0.0196. The van der Waals surface area contributed by atoms with Gasteiger partial charge in [-0.3, -0.25) is 0 Å². The Morgan fingerprint density at radius 3 is 2.42 bits per heavy atom. The standard InChI is InChI=1S/C26H27N3OS/c1-17(2)26-27-21(16-31-26)12-8-10-19-9-7-11-20(15-19)24-25(30-18(3)4)29-23-14-6-5-13-22(23)28-24/h5-11,13-18H,12H2,1-4H3. The molecule has 0 N–H and O–H groups in total. The SMILES string of the molecule is CC(C)Oc1nc2ccccc2nc1-c1cccc(C=CCc2csc(C(C)C)n2)c1. The lowest BCUT2D eigenvalue weighted by Gasteiger charge is -2.14. The second-order valence-corrected chi connectivity index (χ2v) is 8.99. The molecule has 4 rings (SSSR count).